The zero-order valence-electron chi connectivity index (χ0n) is 11.1. The van der Waals surface area contributed by atoms with Crippen LogP contribution in [0.3, 0.4) is 0 Å². The molecule has 5 heteroatoms. The van der Waals surface area contributed by atoms with Gasteiger partial charge in [-0.3, -0.25) is 14.7 Å². The molecule has 0 saturated carbocycles. The third kappa shape index (κ3) is 4.29. The van der Waals surface area contributed by atoms with Crippen LogP contribution in [0.15, 0.2) is 24.5 Å². The molecule has 0 radical (unpaired) electrons. The molecule has 5 nitrogen and oxygen atoms in total. The molecule has 1 atom stereocenters. The SMILES string of the molecule is O=C(CN1CCCC1CCCO)Nc1cccnc1. The Morgan fingerprint density at radius 1 is 1.58 bits per heavy atom. The number of pyridine rings is 1. The summed E-state index contributed by atoms with van der Waals surface area (Å²) in [6.45, 7) is 1.62. The van der Waals surface area contributed by atoms with E-state index < -0.39 is 0 Å². The molecule has 1 amide bonds. The number of likely N-dealkylation sites (tertiary alicyclic amines) is 1. The van der Waals surface area contributed by atoms with Crippen molar-refractivity contribution in [3.63, 3.8) is 0 Å². The van der Waals surface area contributed by atoms with Crippen molar-refractivity contribution < 1.29 is 9.90 Å². The molecule has 0 spiro atoms. The van der Waals surface area contributed by atoms with E-state index in [-0.39, 0.29) is 12.5 Å². The summed E-state index contributed by atoms with van der Waals surface area (Å²) >= 11 is 0. The molecular weight excluding hydrogens is 242 g/mol. The normalized spacial score (nSPS) is 19.5. The van der Waals surface area contributed by atoms with Gasteiger partial charge in [-0.05, 0) is 44.4 Å². The molecule has 0 aromatic carbocycles. The van der Waals surface area contributed by atoms with Gasteiger partial charge in [0.25, 0.3) is 0 Å². The summed E-state index contributed by atoms with van der Waals surface area (Å²) in [6.07, 6.45) is 7.37. The fourth-order valence-corrected chi connectivity index (χ4v) is 2.58. The average Bonchev–Trinajstić information content (AvgIpc) is 2.84. The van der Waals surface area contributed by atoms with Gasteiger partial charge >= 0.3 is 0 Å². The number of aliphatic hydroxyl groups is 1. The molecule has 19 heavy (non-hydrogen) atoms. The van der Waals surface area contributed by atoms with E-state index in [9.17, 15) is 4.79 Å². The number of anilines is 1. The maximum Gasteiger partial charge on any atom is 0.238 e. The highest BCUT2D eigenvalue weighted by molar-refractivity contribution is 5.92. The molecule has 104 valence electrons. The minimum Gasteiger partial charge on any atom is -0.396 e. The van der Waals surface area contributed by atoms with Crippen LogP contribution in [0, 0.1) is 0 Å². The first kappa shape index (κ1) is 14.0. The van der Waals surface area contributed by atoms with Crippen LogP contribution in [-0.2, 0) is 4.79 Å². The Hall–Kier alpha value is -1.46. The quantitative estimate of drug-likeness (QED) is 0.811. The number of hydrogen-bond donors (Lipinski definition) is 2. The van der Waals surface area contributed by atoms with Crippen molar-refractivity contribution in [3.05, 3.63) is 24.5 Å². The molecule has 2 heterocycles. The van der Waals surface area contributed by atoms with Gasteiger partial charge in [0.2, 0.25) is 5.91 Å². The van der Waals surface area contributed by atoms with Crippen molar-refractivity contribution in [2.75, 3.05) is 25.0 Å². The van der Waals surface area contributed by atoms with E-state index in [2.05, 4.69) is 15.2 Å². The van der Waals surface area contributed by atoms with Crippen LogP contribution in [-0.4, -0.2) is 46.6 Å². The Bertz CT molecular complexity index is 397. The van der Waals surface area contributed by atoms with Gasteiger partial charge in [-0.2, -0.15) is 0 Å². The van der Waals surface area contributed by atoms with Crippen LogP contribution in [0.5, 0.6) is 0 Å². The van der Waals surface area contributed by atoms with Crippen molar-refractivity contribution >= 4 is 11.6 Å². The second-order valence-electron chi connectivity index (χ2n) is 4.92. The number of aliphatic hydroxyl groups excluding tert-OH is 1. The number of rotatable bonds is 6. The summed E-state index contributed by atoms with van der Waals surface area (Å²) in [6, 6.07) is 4.07. The molecule has 2 N–H and O–H groups in total. The molecule has 1 unspecified atom stereocenters. The van der Waals surface area contributed by atoms with E-state index >= 15 is 0 Å². The number of carbonyl (C=O) groups excluding carboxylic acids is 1. The number of hydrogen-bond acceptors (Lipinski definition) is 4. The summed E-state index contributed by atoms with van der Waals surface area (Å²) in [5.74, 6) is 0.00361. The van der Waals surface area contributed by atoms with E-state index in [1.165, 1.54) is 0 Å². The number of nitrogens with one attached hydrogen (secondary N) is 1. The monoisotopic (exact) mass is 263 g/mol. The van der Waals surface area contributed by atoms with Gasteiger partial charge in [-0.25, -0.2) is 0 Å². The minimum absolute atomic E-state index is 0.00361. The maximum absolute atomic E-state index is 12.0. The average molecular weight is 263 g/mol. The molecular formula is C14H21N3O2. The molecule has 0 bridgehead atoms. The van der Waals surface area contributed by atoms with E-state index in [0.717, 1.165) is 37.9 Å². The van der Waals surface area contributed by atoms with E-state index in [4.69, 9.17) is 5.11 Å². The van der Waals surface area contributed by atoms with Crippen LogP contribution in [0.25, 0.3) is 0 Å². The van der Waals surface area contributed by atoms with E-state index in [0.29, 0.717) is 12.6 Å². The van der Waals surface area contributed by atoms with Crippen LogP contribution in [0.2, 0.25) is 0 Å². The third-order valence-corrected chi connectivity index (χ3v) is 3.49. The van der Waals surface area contributed by atoms with Gasteiger partial charge < -0.3 is 10.4 Å². The Balaban J connectivity index is 1.81. The number of carbonyl (C=O) groups is 1. The molecule has 1 aliphatic heterocycles. The lowest BCUT2D eigenvalue weighted by Crippen LogP contribution is -2.36. The Morgan fingerprint density at radius 2 is 2.47 bits per heavy atom. The number of aromatic nitrogens is 1. The number of nitrogens with zero attached hydrogens (tertiary/aromatic N) is 2. The smallest absolute Gasteiger partial charge is 0.238 e. The molecule has 1 aromatic heterocycles. The van der Waals surface area contributed by atoms with E-state index in [1.807, 2.05) is 6.07 Å². The highest BCUT2D eigenvalue weighted by Gasteiger charge is 2.25. The van der Waals surface area contributed by atoms with Crippen LogP contribution >= 0.6 is 0 Å². The fourth-order valence-electron chi connectivity index (χ4n) is 2.58. The standard InChI is InChI=1S/C14H21N3O2/c18-9-3-6-13-5-2-8-17(13)11-14(19)16-12-4-1-7-15-10-12/h1,4,7,10,13,18H,2-3,5-6,8-9,11H2,(H,16,19). The topological polar surface area (TPSA) is 65.5 Å². The van der Waals surface area contributed by atoms with Crippen molar-refractivity contribution in [2.45, 2.75) is 31.7 Å². The first-order valence-electron chi connectivity index (χ1n) is 6.84. The van der Waals surface area contributed by atoms with Gasteiger partial charge in [0, 0.05) is 18.8 Å². The van der Waals surface area contributed by atoms with Crippen LogP contribution in [0.1, 0.15) is 25.7 Å². The number of amides is 1. The van der Waals surface area contributed by atoms with Crippen molar-refractivity contribution in [2.24, 2.45) is 0 Å². The van der Waals surface area contributed by atoms with Gasteiger partial charge in [-0.1, -0.05) is 0 Å². The first-order chi connectivity index (χ1) is 9.29. The predicted octanol–water partition coefficient (Wildman–Crippen LogP) is 1.26. The zero-order chi connectivity index (χ0) is 13.5. The Kier molecular flexibility index (Phi) is 5.30. The minimum atomic E-state index is 0.00361. The summed E-state index contributed by atoms with van der Waals surface area (Å²) in [5, 5.41) is 11.7. The van der Waals surface area contributed by atoms with E-state index in [1.54, 1.807) is 18.5 Å². The molecule has 0 aliphatic carbocycles. The Labute approximate surface area is 113 Å². The van der Waals surface area contributed by atoms with Crippen LogP contribution < -0.4 is 5.32 Å². The predicted molar refractivity (Wildman–Crippen MR) is 73.8 cm³/mol. The first-order valence-corrected chi connectivity index (χ1v) is 6.84. The van der Waals surface area contributed by atoms with Crippen molar-refractivity contribution in [1.82, 2.24) is 9.88 Å². The molecule has 1 aromatic rings. The summed E-state index contributed by atoms with van der Waals surface area (Å²) in [4.78, 5) is 18.1. The van der Waals surface area contributed by atoms with Gasteiger partial charge in [-0.15, -0.1) is 0 Å². The van der Waals surface area contributed by atoms with Gasteiger partial charge in [0.1, 0.15) is 0 Å². The largest absolute Gasteiger partial charge is 0.396 e. The van der Waals surface area contributed by atoms with Gasteiger partial charge in [0.05, 0.1) is 18.4 Å². The third-order valence-electron chi connectivity index (χ3n) is 3.49. The fraction of sp³-hybridized carbons (Fsp3) is 0.571. The molecule has 1 saturated heterocycles. The second kappa shape index (κ2) is 7.21. The summed E-state index contributed by atoms with van der Waals surface area (Å²) in [5.41, 5.74) is 0.735. The van der Waals surface area contributed by atoms with Crippen LogP contribution in [0.4, 0.5) is 5.69 Å². The van der Waals surface area contributed by atoms with Crippen molar-refractivity contribution in [1.29, 1.82) is 0 Å². The highest BCUT2D eigenvalue weighted by atomic mass is 16.3. The lowest BCUT2D eigenvalue weighted by Gasteiger charge is -2.23. The van der Waals surface area contributed by atoms with Crippen molar-refractivity contribution in [3.8, 4) is 0 Å². The Morgan fingerprint density at radius 3 is 3.21 bits per heavy atom. The zero-order valence-corrected chi connectivity index (χ0v) is 11.1. The summed E-state index contributed by atoms with van der Waals surface area (Å²) < 4.78 is 0. The molecule has 2 rings (SSSR count). The molecule has 1 fully saturated rings. The van der Waals surface area contributed by atoms with Gasteiger partial charge in [0.15, 0.2) is 0 Å². The lowest BCUT2D eigenvalue weighted by molar-refractivity contribution is -0.117. The highest BCUT2D eigenvalue weighted by Crippen LogP contribution is 2.20. The lowest BCUT2D eigenvalue weighted by atomic mass is 10.1. The second-order valence-corrected chi connectivity index (χ2v) is 4.92. The molecule has 1 aliphatic rings. The maximum atomic E-state index is 12.0. The summed E-state index contributed by atoms with van der Waals surface area (Å²) in [7, 11) is 0.